The molecule has 0 saturated heterocycles. The van der Waals surface area contributed by atoms with Crippen LogP contribution < -0.4 is 5.73 Å². The van der Waals surface area contributed by atoms with E-state index >= 15 is 0 Å². The van der Waals surface area contributed by atoms with Crippen molar-refractivity contribution in [3.8, 4) is 0 Å². The zero-order chi connectivity index (χ0) is 9.84. The molecule has 1 rings (SSSR count). The summed E-state index contributed by atoms with van der Waals surface area (Å²) >= 11 is 3.13. The number of carbonyl (C=O) groups is 1. The van der Waals surface area contributed by atoms with Crippen LogP contribution in [0.3, 0.4) is 0 Å². The van der Waals surface area contributed by atoms with E-state index in [2.05, 4.69) is 15.9 Å². The number of nitrogen functional groups attached to an aromatic ring is 1. The molecule has 0 saturated carbocycles. The van der Waals surface area contributed by atoms with E-state index in [0.29, 0.717) is 11.8 Å². The summed E-state index contributed by atoms with van der Waals surface area (Å²) < 4.78 is 0. The largest absolute Gasteiger partial charge is 0.399 e. The van der Waals surface area contributed by atoms with Crippen LogP contribution in [0.1, 0.15) is 11.1 Å². The number of alkyl halides is 1. The Morgan fingerprint density at radius 1 is 1.54 bits per heavy atom. The fourth-order valence-corrected chi connectivity index (χ4v) is 1.35. The number of ketones is 1. The first kappa shape index (κ1) is 10.3. The van der Waals surface area contributed by atoms with Gasteiger partial charge in [-0.3, -0.25) is 4.79 Å². The highest BCUT2D eigenvalue weighted by molar-refractivity contribution is 9.09. The first-order valence-corrected chi connectivity index (χ1v) is 5.19. The van der Waals surface area contributed by atoms with Gasteiger partial charge in [0.1, 0.15) is 5.78 Å². The van der Waals surface area contributed by atoms with Crippen LogP contribution in [-0.4, -0.2) is 11.1 Å². The molecule has 2 nitrogen and oxygen atoms in total. The van der Waals surface area contributed by atoms with Gasteiger partial charge in [0.05, 0.1) is 5.33 Å². The molecule has 70 valence electrons. The topological polar surface area (TPSA) is 43.1 Å². The van der Waals surface area contributed by atoms with Gasteiger partial charge < -0.3 is 5.73 Å². The molecule has 0 amide bonds. The van der Waals surface area contributed by atoms with Crippen LogP contribution in [0.2, 0.25) is 0 Å². The molecule has 0 aliphatic rings. The summed E-state index contributed by atoms with van der Waals surface area (Å²) in [5, 5.41) is 0.404. The van der Waals surface area contributed by atoms with Crippen molar-refractivity contribution in [2.24, 2.45) is 0 Å². The van der Waals surface area contributed by atoms with Gasteiger partial charge in [-0.2, -0.15) is 0 Å². The van der Waals surface area contributed by atoms with Crippen molar-refractivity contribution in [2.75, 3.05) is 11.1 Å². The van der Waals surface area contributed by atoms with Crippen LogP contribution in [0.4, 0.5) is 5.69 Å². The molecule has 0 fully saturated rings. The summed E-state index contributed by atoms with van der Waals surface area (Å²) in [4.78, 5) is 11.2. The maximum absolute atomic E-state index is 11.2. The van der Waals surface area contributed by atoms with E-state index in [4.69, 9.17) is 5.73 Å². The molecular weight excluding hydrogens is 230 g/mol. The SMILES string of the molecule is Cc1c(N)cccc1CC(=O)CBr. The van der Waals surface area contributed by atoms with Gasteiger partial charge in [0.25, 0.3) is 0 Å². The lowest BCUT2D eigenvalue weighted by atomic mass is 10.0. The molecule has 1 aromatic rings. The Labute approximate surface area is 86.3 Å². The normalized spacial score (nSPS) is 10.0. The minimum atomic E-state index is 0.175. The van der Waals surface area contributed by atoms with E-state index < -0.39 is 0 Å². The summed E-state index contributed by atoms with van der Waals surface area (Å²) in [5.41, 5.74) is 8.49. The van der Waals surface area contributed by atoms with Crippen molar-refractivity contribution in [1.82, 2.24) is 0 Å². The van der Waals surface area contributed by atoms with Gasteiger partial charge in [-0.25, -0.2) is 0 Å². The average molecular weight is 242 g/mol. The maximum atomic E-state index is 11.2. The molecule has 1 aromatic carbocycles. The molecule has 0 radical (unpaired) electrons. The van der Waals surface area contributed by atoms with E-state index in [9.17, 15) is 4.79 Å². The molecule has 13 heavy (non-hydrogen) atoms. The van der Waals surface area contributed by atoms with E-state index in [-0.39, 0.29) is 5.78 Å². The summed E-state index contributed by atoms with van der Waals surface area (Å²) in [6.45, 7) is 1.94. The highest BCUT2D eigenvalue weighted by atomic mass is 79.9. The molecule has 0 aromatic heterocycles. The Bertz CT molecular complexity index is 323. The Morgan fingerprint density at radius 2 is 2.23 bits per heavy atom. The standard InChI is InChI=1S/C10H12BrNO/c1-7-8(5-9(13)6-11)3-2-4-10(7)12/h2-4H,5-6,12H2,1H3. The lowest BCUT2D eigenvalue weighted by Crippen LogP contribution is -2.05. The first-order chi connectivity index (χ1) is 6.15. The predicted molar refractivity (Wildman–Crippen MR) is 58.1 cm³/mol. The molecular formula is C10H12BrNO. The van der Waals surface area contributed by atoms with Gasteiger partial charge in [-0.1, -0.05) is 28.1 Å². The van der Waals surface area contributed by atoms with Gasteiger partial charge >= 0.3 is 0 Å². The molecule has 2 N–H and O–H groups in total. The quantitative estimate of drug-likeness (QED) is 0.651. The minimum Gasteiger partial charge on any atom is -0.399 e. The van der Waals surface area contributed by atoms with Crippen molar-refractivity contribution in [2.45, 2.75) is 13.3 Å². The van der Waals surface area contributed by atoms with Gasteiger partial charge in [0.15, 0.2) is 0 Å². The summed E-state index contributed by atoms with van der Waals surface area (Å²) in [5.74, 6) is 0.175. The number of halogens is 1. The van der Waals surface area contributed by atoms with Gasteiger partial charge in [-0.05, 0) is 24.1 Å². The molecule has 3 heteroatoms. The highest BCUT2D eigenvalue weighted by Crippen LogP contribution is 2.16. The Hall–Kier alpha value is -0.830. The predicted octanol–water partition coefficient (Wildman–Crippen LogP) is 2.08. The van der Waals surface area contributed by atoms with Crippen molar-refractivity contribution in [3.05, 3.63) is 29.3 Å². The third-order valence-electron chi connectivity index (χ3n) is 2.02. The van der Waals surface area contributed by atoms with Crippen molar-refractivity contribution < 1.29 is 4.79 Å². The number of carbonyl (C=O) groups excluding carboxylic acids is 1. The van der Waals surface area contributed by atoms with E-state index in [1.807, 2.05) is 25.1 Å². The Morgan fingerprint density at radius 3 is 2.85 bits per heavy atom. The zero-order valence-corrected chi connectivity index (χ0v) is 9.10. The number of anilines is 1. The fraction of sp³-hybridized carbons (Fsp3) is 0.300. The number of Topliss-reactive ketones (excluding diaryl/α,β-unsaturated/α-hetero) is 1. The zero-order valence-electron chi connectivity index (χ0n) is 7.51. The van der Waals surface area contributed by atoms with Crippen LogP contribution in [0.25, 0.3) is 0 Å². The second-order valence-electron chi connectivity index (χ2n) is 2.98. The number of nitrogens with two attached hydrogens (primary N) is 1. The van der Waals surface area contributed by atoms with Crippen LogP contribution in [-0.2, 0) is 11.2 Å². The second kappa shape index (κ2) is 4.42. The third kappa shape index (κ3) is 2.56. The van der Waals surface area contributed by atoms with Gasteiger partial charge in [0.2, 0.25) is 0 Å². The first-order valence-electron chi connectivity index (χ1n) is 4.06. The molecule has 0 aliphatic heterocycles. The monoisotopic (exact) mass is 241 g/mol. The number of rotatable bonds is 3. The number of benzene rings is 1. The second-order valence-corrected chi connectivity index (χ2v) is 3.54. The third-order valence-corrected chi connectivity index (χ3v) is 2.65. The Balaban J connectivity index is 2.89. The molecule has 0 atom stereocenters. The van der Waals surface area contributed by atoms with E-state index in [1.165, 1.54) is 0 Å². The number of hydrogen-bond donors (Lipinski definition) is 1. The molecule has 0 aliphatic carbocycles. The van der Waals surface area contributed by atoms with Crippen molar-refractivity contribution >= 4 is 27.4 Å². The maximum Gasteiger partial charge on any atom is 0.147 e. The van der Waals surface area contributed by atoms with Crippen molar-refractivity contribution in [3.63, 3.8) is 0 Å². The van der Waals surface area contributed by atoms with E-state index in [0.717, 1.165) is 16.8 Å². The van der Waals surface area contributed by atoms with Gasteiger partial charge in [0, 0.05) is 12.1 Å². The average Bonchev–Trinajstić information content (AvgIpc) is 2.13. The van der Waals surface area contributed by atoms with Crippen LogP contribution in [0, 0.1) is 6.92 Å². The lowest BCUT2D eigenvalue weighted by molar-refractivity contribution is -0.115. The molecule has 0 bridgehead atoms. The lowest BCUT2D eigenvalue weighted by Gasteiger charge is -2.06. The molecule has 0 unspecified atom stereocenters. The van der Waals surface area contributed by atoms with Crippen LogP contribution in [0.5, 0.6) is 0 Å². The van der Waals surface area contributed by atoms with E-state index in [1.54, 1.807) is 0 Å². The summed E-state index contributed by atoms with van der Waals surface area (Å²) in [6, 6.07) is 5.66. The number of hydrogen-bond acceptors (Lipinski definition) is 2. The smallest absolute Gasteiger partial charge is 0.147 e. The van der Waals surface area contributed by atoms with Gasteiger partial charge in [-0.15, -0.1) is 0 Å². The van der Waals surface area contributed by atoms with Crippen LogP contribution >= 0.6 is 15.9 Å². The Kier molecular flexibility index (Phi) is 3.48. The molecule has 0 spiro atoms. The fourth-order valence-electron chi connectivity index (χ4n) is 1.15. The minimum absolute atomic E-state index is 0.175. The molecule has 0 heterocycles. The van der Waals surface area contributed by atoms with Crippen molar-refractivity contribution in [1.29, 1.82) is 0 Å². The summed E-state index contributed by atoms with van der Waals surface area (Å²) in [7, 11) is 0. The summed E-state index contributed by atoms with van der Waals surface area (Å²) in [6.07, 6.45) is 0.460. The highest BCUT2D eigenvalue weighted by Gasteiger charge is 2.05. The van der Waals surface area contributed by atoms with Crippen LogP contribution in [0.15, 0.2) is 18.2 Å².